The van der Waals surface area contributed by atoms with Gasteiger partial charge < -0.3 is 9.47 Å². The topological polar surface area (TPSA) is 52.6 Å². The Kier molecular flexibility index (Phi) is 6.32. The smallest absolute Gasteiger partial charge is 0.338 e. The van der Waals surface area contributed by atoms with E-state index >= 15 is 0 Å². The minimum Gasteiger partial charge on any atom is -0.489 e. The highest BCUT2D eigenvalue weighted by molar-refractivity contribution is 9.09. The van der Waals surface area contributed by atoms with Gasteiger partial charge in [-0.15, -0.1) is 0 Å². The van der Waals surface area contributed by atoms with Crippen LogP contribution >= 0.6 is 15.9 Å². The number of hydrogen-bond acceptors (Lipinski definition) is 4. The lowest BCUT2D eigenvalue weighted by molar-refractivity contribution is -0.130. The van der Waals surface area contributed by atoms with Crippen molar-refractivity contribution in [2.24, 2.45) is 0 Å². The molecule has 0 heterocycles. The summed E-state index contributed by atoms with van der Waals surface area (Å²) < 4.78 is 11.0. The van der Waals surface area contributed by atoms with E-state index in [0.717, 1.165) is 5.56 Å². The lowest BCUT2D eigenvalue weighted by Gasteiger charge is -2.11. The number of rotatable bonds is 7. The first-order valence-corrected chi connectivity index (χ1v) is 8.41. The predicted molar refractivity (Wildman–Crippen MR) is 95.8 cm³/mol. The number of ether oxygens (including phenoxy) is 2. The molecule has 0 bridgehead atoms. The summed E-state index contributed by atoms with van der Waals surface area (Å²) in [5.41, 5.74) is 1.69. The van der Waals surface area contributed by atoms with Crippen molar-refractivity contribution in [2.45, 2.75) is 13.5 Å². The molecule has 24 heavy (non-hydrogen) atoms. The van der Waals surface area contributed by atoms with Crippen molar-refractivity contribution in [1.29, 1.82) is 0 Å². The van der Waals surface area contributed by atoms with Crippen LogP contribution < -0.4 is 9.47 Å². The number of esters is 1. The Labute approximate surface area is 149 Å². The fraction of sp³-hybridized carbons (Fsp3) is 0.158. The Morgan fingerprint density at radius 2 is 1.75 bits per heavy atom. The number of carbonyl (C=O) groups excluding carboxylic acids is 2. The van der Waals surface area contributed by atoms with Crippen LogP contribution in [0.15, 0.2) is 60.7 Å². The maximum atomic E-state index is 11.7. The second kappa shape index (κ2) is 8.45. The van der Waals surface area contributed by atoms with Crippen LogP contribution in [0.1, 0.15) is 22.8 Å². The summed E-state index contributed by atoms with van der Waals surface area (Å²) in [5, 5.41) is 0.286. The van der Waals surface area contributed by atoms with Gasteiger partial charge in [0.1, 0.15) is 18.1 Å². The van der Waals surface area contributed by atoms with Gasteiger partial charge in [-0.25, -0.2) is 4.79 Å². The minimum absolute atomic E-state index is 0.0126. The highest BCUT2D eigenvalue weighted by atomic mass is 79.9. The molecule has 0 aromatic heterocycles. The first kappa shape index (κ1) is 17.9. The van der Waals surface area contributed by atoms with E-state index in [-0.39, 0.29) is 17.7 Å². The lowest BCUT2D eigenvalue weighted by atomic mass is 10.1. The van der Waals surface area contributed by atoms with Gasteiger partial charge in [0, 0.05) is 16.7 Å². The monoisotopic (exact) mass is 388 g/mol. The van der Waals surface area contributed by atoms with Crippen LogP contribution in [0.5, 0.6) is 11.5 Å². The van der Waals surface area contributed by atoms with Crippen LogP contribution in [0.3, 0.4) is 0 Å². The maximum Gasteiger partial charge on any atom is 0.338 e. The summed E-state index contributed by atoms with van der Waals surface area (Å²) in [6.07, 6.45) is 0. The quantitative estimate of drug-likeness (QED) is 0.233. The summed E-state index contributed by atoms with van der Waals surface area (Å²) >= 11 is 3.14. The molecule has 0 radical (unpaired) electrons. The van der Waals surface area contributed by atoms with Gasteiger partial charge in [0.25, 0.3) is 0 Å². The average molecular weight is 389 g/mol. The molecule has 0 unspecified atom stereocenters. The molecule has 0 aliphatic rings. The van der Waals surface area contributed by atoms with Gasteiger partial charge in [-0.3, -0.25) is 4.79 Å². The summed E-state index contributed by atoms with van der Waals surface area (Å²) in [7, 11) is 0. The van der Waals surface area contributed by atoms with Crippen LogP contribution in [0.25, 0.3) is 0 Å². The van der Waals surface area contributed by atoms with Gasteiger partial charge in [-0.1, -0.05) is 40.7 Å². The molecular formula is C19H17BrO4. The molecule has 0 amide bonds. The Bertz CT molecular complexity index is 750. The molecule has 5 heteroatoms. The van der Waals surface area contributed by atoms with E-state index < -0.39 is 5.97 Å². The van der Waals surface area contributed by atoms with Crippen molar-refractivity contribution < 1.29 is 19.1 Å². The molecule has 0 aliphatic carbocycles. The summed E-state index contributed by atoms with van der Waals surface area (Å²) in [5.74, 6) is 0.609. The number of hydrogen-bond donors (Lipinski definition) is 0. The zero-order valence-electron chi connectivity index (χ0n) is 13.3. The normalized spacial score (nSPS) is 10.1. The third-order valence-electron chi connectivity index (χ3n) is 3.22. The number of ketones is 1. The zero-order valence-corrected chi connectivity index (χ0v) is 14.8. The van der Waals surface area contributed by atoms with E-state index in [4.69, 9.17) is 9.47 Å². The van der Waals surface area contributed by atoms with E-state index in [2.05, 4.69) is 22.5 Å². The number of benzene rings is 2. The van der Waals surface area contributed by atoms with E-state index in [1.165, 1.54) is 0 Å². The molecule has 0 fully saturated rings. The van der Waals surface area contributed by atoms with Crippen molar-refractivity contribution in [1.82, 2.24) is 0 Å². The van der Waals surface area contributed by atoms with Gasteiger partial charge >= 0.3 is 5.97 Å². The van der Waals surface area contributed by atoms with Crippen LogP contribution in [0.2, 0.25) is 0 Å². The van der Waals surface area contributed by atoms with Crippen molar-refractivity contribution in [2.75, 3.05) is 5.33 Å². The first-order valence-electron chi connectivity index (χ1n) is 7.29. The Hall–Kier alpha value is -2.40. The third-order valence-corrected chi connectivity index (χ3v) is 3.73. The van der Waals surface area contributed by atoms with Crippen LogP contribution in [0.4, 0.5) is 0 Å². The summed E-state index contributed by atoms with van der Waals surface area (Å²) in [4.78, 5) is 23.2. The van der Waals surface area contributed by atoms with Crippen molar-refractivity contribution in [3.8, 4) is 11.5 Å². The zero-order chi connectivity index (χ0) is 17.5. The number of alkyl halides is 1. The van der Waals surface area contributed by atoms with Crippen LogP contribution in [-0.4, -0.2) is 17.1 Å². The Morgan fingerprint density at radius 1 is 1.08 bits per heavy atom. The molecule has 2 aromatic rings. The van der Waals surface area contributed by atoms with Gasteiger partial charge in [0.2, 0.25) is 0 Å². The largest absolute Gasteiger partial charge is 0.489 e. The molecule has 124 valence electrons. The van der Waals surface area contributed by atoms with E-state index in [9.17, 15) is 9.59 Å². The average Bonchev–Trinajstić information content (AvgIpc) is 2.60. The molecule has 0 spiro atoms. The van der Waals surface area contributed by atoms with Gasteiger partial charge in [-0.2, -0.15) is 0 Å². The molecule has 2 rings (SSSR count). The second-order valence-electron chi connectivity index (χ2n) is 5.15. The van der Waals surface area contributed by atoms with Gasteiger partial charge in [-0.05, 0) is 37.3 Å². The van der Waals surface area contributed by atoms with Crippen molar-refractivity contribution in [3.05, 3.63) is 71.8 Å². The fourth-order valence-corrected chi connectivity index (χ4v) is 2.21. The molecule has 0 N–H and O–H groups in total. The number of carbonyl (C=O) groups is 2. The third kappa shape index (κ3) is 4.80. The predicted octanol–water partition coefficient (Wildman–Crippen LogP) is 4.32. The second-order valence-corrected chi connectivity index (χ2v) is 5.71. The van der Waals surface area contributed by atoms with Gasteiger partial charge in [0.15, 0.2) is 5.78 Å². The first-order chi connectivity index (χ1) is 11.5. The molecule has 4 nitrogen and oxygen atoms in total. The lowest BCUT2D eigenvalue weighted by Crippen LogP contribution is -2.10. The van der Waals surface area contributed by atoms with Crippen molar-refractivity contribution in [3.63, 3.8) is 0 Å². The van der Waals surface area contributed by atoms with Crippen LogP contribution in [0, 0.1) is 0 Å². The van der Waals surface area contributed by atoms with Crippen LogP contribution in [-0.2, 0) is 11.4 Å². The minimum atomic E-state index is -0.472. The maximum absolute atomic E-state index is 11.7. The van der Waals surface area contributed by atoms with Gasteiger partial charge in [0.05, 0.1) is 5.33 Å². The number of halogens is 1. The number of para-hydroxylation sites is 1. The van der Waals surface area contributed by atoms with E-state index in [0.29, 0.717) is 22.6 Å². The Balaban J connectivity index is 2.05. The highest BCUT2D eigenvalue weighted by Gasteiger charge is 2.10. The molecule has 2 aromatic carbocycles. The van der Waals surface area contributed by atoms with E-state index in [1.807, 2.05) is 12.1 Å². The summed E-state index contributed by atoms with van der Waals surface area (Å²) in [6.45, 7) is 5.40. The van der Waals surface area contributed by atoms with Crippen molar-refractivity contribution >= 4 is 27.7 Å². The molecule has 0 atom stereocenters. The fourth-order valence-electron chi connectivity index (χ4n) is 1.88. The molecule has 0 saturated carbocycles. The SMILES string of the molecule is C=C(C)C(=O)Oc1ccccc1COc1ccc(C(=O)CBr)cc1. The standard InChI is InChI=1S/C19H17BrO4/c1-13(2)19(22)24-18-6-4-3-5-15(18)12-23-16-9-7-14(8-10-16)17(21)11-20/h3-10H,1,11-12H2,2H3. The number of Topliss-reactive ketones (excluding diaryl/α,β-unsaturated/α-hetero) is 1. The molecule has 0 aliphatic heterocycles. The highest BCUT2D eigenvalue weighted by Crippen LogP contribution is 2.22. The molecule has 0 saturated heterocycles. The summed E-state index contributed by atoms with van der Waals surface area (Å²) in [6, 6.07) is 14.1. The Morgan fingerprint density at radius 3 is 2.38 bits per heavy atom. The van der Waals surface area contributed by atoms with E-state index in [1.54, 1.807) is 43.3 Å². The molecular weight excluding hydrogens is 372 g/mol.